The summed E-state index contributed by atoms with van der Waals surface area (Å²) in [5.74, 6) is -0.0322. The van der Waals surface area contributed by atoms with Gasteiger partial charge in [-0.3, -0.25) is 9.78 Å². The quantitative estimate of drug-likeness (QED) is 0.824. The Morgan fingerprint density at radius 3 is 2.86 bits per heavy atom. The Kier molecular flexibility index (Phi) is 5.39. The van der Waals surface area contributed by atoms with Crippen molar-refractivity contribution in [3.05, 3.63) is 30.4 Å². The highest BCUT2D eigenvalue weighted by atomic mass is 16.5. The molecule has 2 aromatic rings. The summed E-state index contributed by atoms with van der Waals surface area (Å²) < 4.78 is 4.98. The second kappa shape index (κ2) is 7.49. The van der Waals surface area contributed by atoms with Gasteiger partial charge < -0.3 is 14.7 Å². The van der Waals surface area contributed by atoms with Gasteiger partial charge in [-0.2, -0.15) is 4.98 Å². The zero-order chi connectivity index (χ0) is 15.1. The number of pyridine rings is 1. The minimum atomic E-state index is -0.357. The summed E-state index contributed by atoms with van der Waals surface area (Å²) in [4.78, 5) is 22.2. The lowest BCUT2D eigenvalue weighted by Crippen LogP contribution is -2.34. The summed E-state index contributed by atoms with van der Waals surface area (Å²) in [7, 11) is 0. The second-order valence-electron chi connectivity index (χ2n) is 4.45. The third kappa shape index (κ3) is 4.09. The predicted octanol–water partition coefficient (Wildman–Crippen LogP) is 1.20. The van der Waals surface area contributed by atoms with Gasteiger partial charge in [-0.05, 0) is 25.2 Å². The first-order valence-electron chi connectivity index (χ1n) is 6.99. The minimum absolute atomic E-state index is 0.0339. The number of aromatic nitrogens is 3. The van der Waals surface area contributed by atoms with Gasteiger partial charge in [-0.1, -0.05) is 19.0 Å². The second-order valence-corrected chi connectivity index (χ2v) is 4.45. The lowest BCUT2D eigenvalue weighted by Gasteiger charge is -2.17. The lowest BCUT2D eigenvalue weighted by atomic mass is 10.3. The molecule has 2 aromatic heterocycles. The number of nitrogens with one attached hydrogen (secondary N) is 1. The first-order chi connectivity index (χ1) is 10.2. The van der Waals surface area contributed by atoms with E-state index in [0.29, 0.717) is 17.9 Å². The van der Waals surface area contributed by atoms with Gasteiger partial charge in [0.15, 0.2) is 0 Å². The van der Waals surface area contributed by atoms with Crippen LogP contribution < -0.4 is 5.32 Å². The maximum atomic E-state index is 11.9. The van der Waals surface area contributed by atoms with Crippen molar-refractivity contribution in [3.63, 3.8) is 0 Å². The normalized spacial score (nSPS) is 10.8. The van der Waals surface area contributed by atoms with E-state index in [1.54, 1.807) is 24.5 Å². The van der Waals surface area contributed by atoms with Gasteiger partial charge in [-0.15, -0.1) is 0 Å². The maximum absolute atomic E-state index is 11.9. The molecule has 0 aliphatic heterocycles. The Bertz CT molecular complexity index is 566. The summed E-state index contributed by atoms with van der Waals surface area (Å²) in [6, 6.07) is 3.58. The van der Waals surface area contributed by atoms with E-state index in [4.69, 9.17) is 4.52 Å². The Morgan fingerprint density at radius 2 is 2.19 bits per heavy atom. The van der Waals surface area contributed by atoms with Crippen LogP contribution in [-0.2, 0) is 0 Å². The van der Waals surface area contributed by atoms with Gasteiger partial charge in [0.25, 0.3) is 0 Å². The molecule has 0 aliphatic carbocycles. The third-order valence-electron chi connectivity index (χ3n) is 3.15. The molecular weight excluding hydrogens is 270 g/mol. The van der Waals surface area contributed by atoms with Crippen molar-refractivity contribution in [2.75, 3.05) is 26.2 Å². The fourth-order valence-corrected chi connectivity index (χ4v) is 1.87. The van der Waals surface area contributed by atoms with Crippen LogP contribution in [0.4, 0.5) is 0 Å². The Labute approximate surface area is 123 Å². The number of carbonyl (C=O) groups is 1. The van der Waals surface area contributed by atoms with Crippen molar-refractivity contribution in [1.82, 2.24) is 25.3 Å². The molecule has 0 saturated carbocycles. The Hall–Kier alpha value is -2.28. The summed E-state index contributed by atoms with van der Waals surface area (Å²) >= 11 is 0. The first kappa shape index (κ1) is 15.1. The molecule has 1 amide bonds. The number of nitrogens with zero attached hydrogens (tertiary/aromatic N) is 4. The highest BCUT2D eigenvalue weighted by molar-refractivity contribution is 5.89. The van der Waals surface area contributed by atoms with E-state index in [9.17, 15) is 4.79 Å². The number of carbonyl (C=O) groups excluding carboxylic acids is 1. The number of rotatable bonds is 7. The van der Waals surface area contributed by atoms with Crippen LogP contribution in [0.25, 0.3) is 11.4 Å². The van der Waals surface area contributed by atoms with E-state index < -0.39 is 0 Å². The molecule has 7 heteroatoms. The van der Waals surface area contributed by atoms with E-state index in [1.807, 2.05) is 0 Å². The van der Waals surface area contributed by atoms with Gasteiger partial charge in [0.05, 0.1) is 0 Å². The van der Waals surface area contributed by atoms with Crippen molar-refractivity contribution < 1.29 is 9.32 Å². The van der Waals surface area contributed by atoms with Crippen LogP contribution >= 0.6 is 0 Å². The van der Waals surface area contributed by atoms with Gasteiger partial charge in [0, 0.05) is 31.0 Å². The summed E-state index contributed by atoms with van der Waals surface area (Å²) in [5, 5.41) is 6.56. The fraction of sp³-hybridized carbons (Fsp3) is 0.429. The Balaban J connectivity index is 1.91. The van der Waals surface area contributed by atoms with Crippen molar-refractivity contribution in [2.24, 2.45) is 0 Å². The molecule has 0 saturated heterocycles. The van der Waals surface area contributed by atoms with Gasteiger partial charge in [0.1, 0.15) is 0 Å². The van der Waals surface area contributed by atoms with Crippen LogP contribution in [0, 0.1) is 0 Å². The third-order valence-corrected chi connectivity index (χ3v) is 3.15. The van der Waals surface area contributed by atoms with E-state index in [0.717, 1.165) is 19.6 Å². The van der Waals surface area contributed by atoms with Crippen LogP contribution in [0.15, 0.2) is 29.0 Å². The van der Waals surface area contributed by atoms with E-state index in [2.05, 4.69) is 39.2 Å². The van der Waals surface area contributed by atoms with Crippen LogP contribution in [0.5, 0.6) is 0 Å². The zero-order valence-corrected chi connectivity index (χ0v) is 12.2. The van der Waals surface area contributed by atoms with E-state index in [1.165, 1.54) is 0 Å². The molecular formula is C14H19N5O2. The molecule has 0 aliphatic rings. The standard InChI is InChI=1S/C14H19N5O2/c1-3-19(4-2)9-8-16-13(20)14-17-12(18-21-14)11-6-5-7-15-10-11/h5-7,10H,3-4,8-9H2,1-2H3,(H,16,20). The monoisotopic (exact) mass is 289 g/mol. The molecule has 2 rings (SSSR count). The molecule has 0 atom stereocenters. The molecule has 21 heavy (non-hydrogen) atoms. The van der Waals surface area contributed by atoms with Crippen LogP contribution in [0.3, 0.4) is 0 Å². The highest BCUT2D eigenvalue weighted by Crippen LogP contribution is 2.13. The van der Waals surface area contributed by atoms with Crippen LogP contribution in [-0.4, -0.2) is 52.1 Å². The van der Waals surface area contributed by atoms with Crippen molar-refractivity contribution >= 4 is 5.91 Å². The molecule has 7 nitrogen and oxygen atoms in total. The summed E-state index contributed by atoms with van der Waals surface area (Å²) in [6.07, 6.45) is 3.28. The van der Waals surface area contributed by atoms with E-state index in [-0.39, 0.29) is 11.8 Å². The molecule has 2 heterocycles. The Morgan fingerprint density at radius 1 is 1.38 bits per heavy atom. The maximum Gasteiger partial charge on any atom is 0.316 e. The van der Waals surface area contributed by atoms with Crippen LogP contribution in [0.1, 0.15) is 24.5 Å². The highest BCUT2D eigenvalue weighted by Gasteiger charge is 2.15. The molecule has 0 unspecified atom stereocenters. The summed E-state index contributed by atoms with van der Waals surface area (Å²) in [6.45, 7) is 7.43. The molecule has 0 spiro atoms. The SMILES string of the molecule is CCN(CC)CCNC(=O)c1nc(-c2cccnc2)no1. The van der Waals surface area contributed by atoms with Crippen molar-refractivity contribution in [2.45, 2.75) is 13.8 Å². The molecule has 0 fully saturated rings. The topological polar surface area (TPSA) is 84.2 Å². The zero-order valence-electron chi connectivity index (χ0n) is 12.2. The molecule has 112 valence electrons. The van der Waals surface area contributed by atoms with Crippen molar-refractivity contribution in [3.8, 4) is 11.4 Å². The average Bonchev–Trinajstić information content (AvgIpc) is 3.02. The van der Waals surface area contributed by atoms with E-state index >= 15 is 0 Å². The van der Waals surface area contributed by atoms with Gasteiger partial charge in [-0.25, -0.2) is 0 Å². The number of hydrogen-bond donors (Lipinski definition) is 1. The molecule has 0 radical (unpaired) electrons. The molecule has 0 bridgehead atoms. The first-order valence-corrected chi connectivity index (χ1v) is 6.99. The average molecular weight is 289 g/mol. The van der Waals surface area contributed by atoms with Crippen LogP contribution in [0.2, 0.25) is 0 Å². The largest absolute Gasteiger partial charge is 0.347 e. The molecule has 0 aromatic carbocycles. The minimum Gasteiger partial charge on any atom is -0.347 e. The number of hydrogen-bond acceptors (Lipinski definition) is 6. The number of likely N-dealkylation sites (N-methyl/N-ethyl adjacent to an activating group) is 1. The lowest BCUT2D eigenvalue weighted by molar-refractivity contribution is 0.0905. The predicted molar refractivity (Wildman–Crippen MR) is 77.7 cm³/mol. The van der Waals surface area contributed by atoms with Crippen molar-refractivity contribution in [1.29, 1.82) is 0 Å². The number of amides is 1. The summed E-state index contributed by atoms with van der Waals surface area (Å²) in [5.41, 5.74) is 0.712. The van der Waals surface area contributed by atoms with Gasteiger partial charge in [0.2, 0.25) is 5.82 Å². The van der Waals surface area contributed by atoms with Gasteiger partial charge >= 0.3 is 11.8 Å². The smallest absolute Gasteiger partial charge is 0.316 e. The molecule has 1 N–H and O–H groups in total. The fourth-order valence-electron chi connectivity index (χ4n) is 1.87.